The van der Waals surface area contributed by atoms with Crippen molar-refractivity contribution in [2.75, 3.05) is 18.4 Å². The van der Waals surface area contributed by atoms with Crippen molar-refractivity contribution in [2.45, 2.75) is 49.7 Å². The zero-order valence-electron chi connectivity index (χ0n) is 15.2. The molecule has 1 aliphatic carbocycles. The van der Waals surface area contributed by atoms with Crippen LogP contribution in [0.4, 0.5) is 5.95 Å². The third-order valence-electron chi connectivity index (χ3n) is 5.46. The summed E-state index contributed by atoms with van der Waals surface area (Å²) in [5.74, 6) is 1.31. The quantitative estimate of drug-likeness (QED) is 0.731. The Morgan fingerprint density at radius 2 is 1.70 bits per heavy atom. The van der Waals surface area contributed by atoms with Crippen molar-refractivity contribution in [3.63, 3.8) is 0 Å². The summed E-state index contributed by atoms with van der Waals surface area (Å²) in [6, 6.07) is 11.2. The Morgan fingerprint density at radius 3 is 2.41 bits per heavy atom. The molecule has 0 unspecified atom stereocenters. The second kappa shape index (κ2) is 8.21. The summed E-state index contributed by atoms with van der Waals surface area (Å²) in [5, 5.41) is 24.3. The van der Waals surface area contributed by atoms with Crippen molar-refractivity contribution in [3.05, 3.63) is 48.8 Å². The molecule has 1 saturated carbocycles. The highest BCUT2D eigenvalue weighted by Crippen LogP contribution is 2.32. The van der Waals surface area contributed by atoms with E-state index in [1.165, 1.54) is 0 Å². The van der Waals surface area contributed by atoms with Crippen LogP contribution in [0.3, 0.4) is 0 Å². The van der Waals surface area contributed by atoms with Gasteiger partial charge in [-0.3, -0.25) is 4.90 Å². The van der Waals surface area contributed by atoms with Crippen LogP contribution in [0.5, 0.6) is 5.75 Å². The van der Waals surface area contributed by atoms with Crippen molar-refractivity contribution in [1.82, 2.24) is 14.9 Å². The fourth-order valence-electron chi connectivity index (χ4n) is 4.12. The van der Waals surface area contributed by atoms with E-state index >= 15 is 0 Å². The summed E-state index contributed by atoms with van der Waals surface area (Å²) in [6.45, 7) is 1.52. The first kappa shape index (κ1) is 18.2. The molecule has 0 spiro atoms. The number of piperidine rings is 1. The smallest absolute Gasteiger partial charge is 0.222 e. The Labute approximate surface area is 159 Å². The van der Waals surface area contributed by atoms with Crippen molar-refractivity contribution in [2.24, 2.45) is 0 Å². The highest BCUT2D eigenvalue weighted by molar-refractivity contribution is 5.29. The van der Waals surface area contributed by atoms with E-state index < -0.39 is 6.10 Å². The molecule has 1 aliphatic heterocycles. The second-order valence-electron chi connectivity index (χ2n) is 7.28. The Bertz CT molecular complexity index is 710. The molecule has 2 aliphatic rings. The number of hydrogen-bond donors (Lipinski definition) is 3. The SMILES string of the molecule is OC1CCN([C@@H]2[C@@H](O)[C@H](Oc3ccccc3)C[C@H]2Nc2ncccn2)CC1. The van der Waals surface area contributed by atoms with E-state index in [-0.39, 0.29) is 24.3 Å². The number of hydrogen-bond acceptors (Lipinski definition) is 7. The van der Waals surface area contributed by atoms with Crippen LogP contribution >= 0.6 is 0 Å². The van der Waals surface area contributed by atoms with Gasteiger partial charge in [-0.05, 0) is 31.0 Å². The van der Waals surface area contributed by atoms with E-state index in [1.54, 1.807) is 18.5 Å². The first-order valence-corrected chi connectivity index (χ1v) is 9.56. The predicted octanol–water partition coefficient (Wildman–Crippen LogP) is 1.29. The lowest BCUT2D eigenvalue weighted by Gasteiger charge is -2.38. The zero-order chi connectivity index (χ0) is 18.6. The number of para-hydroxylation sites is 1. The molecule has 144 valence electrons. The molecular weight excluding hydrogens is 344 g/mol. The molecule has 7 heteroatoms. The van der Waals surface area contributed by atoms with Gasteiger partial charge in [0.2, 0.25) is 5.95 Å². The van der Waals surface area contributed by atoms with E-state index in [0.717, 1.165) is 31.7 Å². The normalized spacial score (nSPS) is 29.6. The molecule has 2 fully saturated rings. The molecule has 1 saturated heterocycles. The average molecular weight is 370 g/mol. The van der Waals surface area contributed by atoms with Crippen molar-refractivity contribution in [1.29, 1.82) is 0 Å². The topological polar surface area (TPSA) is 90.7 Å². The van der Waals surface area contributed by atoms with Gasteiger partial charge in [0.1, 0.15) is 18.0 Å². The average Bonchev–Trinajstić information content (AvgIpc) is 2.99. The Morgan fingerprint density at radius 1 is 1.00 bits per heavy atom. The van der Waals surface area contributed by atoms with Gasteiger partial charge in [-0.2, -0.15) is 0 Å². The third-order valence-corrected chi connectivity index (χ3v) is 5.46. The molecule has 0 radical (unpaired) electrons. The number of aliphatic hydroxyl groups is 2. The van der Waals surface area contributed by atoms with Crippen LogP contribution in [0.1, 0.15) is 19.3 Å². The molecule has 1 aromatic carbocycles. The van der Waals surface area contributed by atoms with Crippen LogP contribution in [0.15, 0.2) is 48.8 Å². The van der Waals surface area contributed by atoms with Gasteiger partial charge in [0.25, 0.3) is 0 Å². The molecule has 1 aromatic heterocycles. The van der Waals surface area contributed by atoms with Crippen LogP contribution < -0.4 is 10.1 Å². The minimum absolute atomic E-state index is 0.0358. The maximum atomic E-state index is 11.1. The summed E-state index contributed by atoms with van der Waals surface area (Å²) in [7, 11) is 0. The van der Waals surface area contributed by atoms with Gasteiger partial charge in [-0.25, -0.2) is 9.97 Å². The molecular formula is C20H26N4O3. The molecule has 2 heterocycles. The Balaban J connectivity index is 1.52. The van der Waals surface area contributed by atoms with Crippen molar-refractivity contribution >= 4 is 5.95 Å². The van der Waals surface area contributed by atoms with Crippen LogP contribution in [0, 0.1) is 0 Å². The van der Waals surface area contributed by atoms with Gasteiger partial charge >= 0.3 is 0 Å². The van der Waals surface area contributed by atoms with Gasteiger partial charge in [-0.1, -0.05) is 18.2 Å². The molecule has 3 N–H and O–H groups in total. The minimum atomic E-state index is -0.637. The van der Waals surface area contributed by atoms with E-state index in [1.807, 2.05) is 30.3 Å². The fourth-order valence-corrected chi connectivity index (χ4v) is 4.12. The number of likely N-dealkylation sites (tertiary alicyclic amines) is 1. The lowest BCUT2D eigenvalue weighted by atomic mass is 10.0. The summed E-state index contributed by atoms with van der Waals surface area (Å²) in [4.78, 5) is 10.8. The molecule has 27 heavy (non-hydrogen) atoms. The molecule has 0 bridgehead atoms. The predicted molar refractivity (Wildman–Crippen MR) is 102 cm³/mol. The highest BCUT2D eigenvalue weighted by atomic mass is 16.5. The second-order valence-corrected chi connectivity index (χ2v) is 7.28. The number of aromatic nitrogens is 2. The maximum Gasteiger partial charge on any atom is 0.222 e. The number of anilines is 1. The van der Waals surface area contributed by atoms with Crippen LogP contribution in [-0.4, -0.2) is 68.6 Å². The highest BCUT2D eigenvalue weighted by Gasteiger charge is 2.47. The van der Waals surface area contributed by atoms with Crippen LogP contribution in [0.25, 0.3) is 0 Å². The third kappa shape index (κ3) is 4.21. The number of aliphatic hydroxyl groups excluding tert-OH is 2. The van der Waals surface area contributed by atoms with E-state index in [2.05, 4.69) is 20.2 Å². The molecule has 7 nitrogen and oxygen atoms in total. The van der Waals surface area contributed by atoms with E-state index in [0.29, 0.717) is 12.4 Å². The monoisotopic (exact) mass is 370 g/mol. The van der Waals surface area contributed by atoms with Crippen LogP contribution in [0.2, 0.25) is 0 Å². The Hall–Kier alpha value is -2.22. The van der Waals surface area contributed by atoms with Gasteiger partial charge in [0.05, 0.1) is 18.2 Å². The molecule has 4 atom stereocenters. The van der Waals surface area contributed by atoms with Gasteiger partial charge in [-0.15, -0.1) is 0 Å². The molecule has 0 amide bonds. The minimum Gasteiger partial charge on any atom is -0.488 e. The van der Waals surface area contributed by atoms with Crippen molar-refractivity contribution < 1.29 is 14.9 Å². The van der Waals surface area contributed by atoms with Gasteiger partial charge in [0, 0.05) is 31.9 Å². The largest absolute Gasteiger partial charge is 0.488 e. The standard InChI is InChI=1S/C20H26N4O3/c25-14-7-11-24(12-8-14)18-16(23-20-21-9-4-10-22-20)13-17(19(18)26)27-15-5-2-1-3-6-15/h1-6,9-10,14,16-19,25-26H,7-8,11-13H2,(H,21,22,23)/t16-,17-,18+,19+/m1/s1. The zero-order valence-corrected chi connectivity index (χ0v) is 15.2. The summed E-state index contributed by atoms with van der Waals surface area (Å²) in [5.41, 5.74) is 0. The Kier molecular flexibility index (Phi) is 5.52. The summed E-state index contributed by atoms with van der Waals surface area (Å²) >= 11 is 0. The van der Waals surface area contributed by atoms with E-state index in [4.69, 9.17) is 4.74 Å². The van der Waals surface area contributed by atoms with E-state index in [9.17, 15) is 10.2 Å². The molecule has 2 aromatic rings. The number of nitrogens with zero attached hydrogens (tertiary/aromatic N) is 3. The summed E-state index contributed by atoms with van der Waals surface area (Å²) < 4.78 is 6.09. The maximum absolute atomic E-state index is 11.1. The molecule has 4 rings (SSSR count). The fraction of sp³-hybridized carbons (Fsp3) is 0.500. The lowest BCUT2D eigenvalue weighted by molar-refractivity contribution is -0.0121. The number of benzene rings is 1. The lowest BCUT2D eigenvalue weighted by Crippen LogP contribution is -2.53. The number of nitrogens with one attached hydrogen (secondary N) is 1. The number of rotatable bonds is 5. The van der Waals surface area contributed by atoms with Crippen LogP contribution in [-0.2, 0) is 0 Å². The summed E-state index contributed by atoms with van der Waals surface area (Å²) in [6.07, 6.45) is 4.30. The van der Waals surface area contributed by atoms with Gasteiger partial charge < -0.3 is 20.3 Å². The van der Waals surface area contributed by atoms with Gasteiger partial charge in [0.15, 0.2) is 0 Å². The number of ether oxygens (including phenoxy) is 1. The first-order valence-electron chi connectivity index (χ1n) is 9.56. The van der Waals surface area contributed by atoms with Crippen molar-refractivity contribution in [3.8, 4) is 5.75 Å². The first-order chi connectivity index (χ1) is 13.2.